The van der Waals surface area contributed by atoms with E-state index in [1.807, 2.05) is 18.2 Å². The van der Waals surface area contributed by atoms with Crippen LogP contribution < -0.4 is 0 Å². The molecule has 0 unspecified atom stereocenters. The van der Waals surface area contributed by atoms with Crippen LogP contribution in [0.2, 0.25) is 0 Å². The van der Waals surface area contributed by atoms with E-state index < -0.39 is 10.1 Å². The van der Waals surface area contributed by atoms with Crippen LogP contribution in [0.1, 0.15) is 5.56 Å². The molecular formula is C10H9NO3S. The number of hydrogen-bond donors (Lipinski definition) is 2. The Morgan fingerprint density at radius 2 is 2.07 bits per heavy atom. The van der Waals surface area contributed by atoms with Crippen molar-refractivity contribution in [3.63, 3.8) is 0 Å². The number of nitrogens with one attached hydrogen (secondary N) is 1. The third-order valence-electron chi connectivity index (χ3n) is 2.01. The van der Waals surface area contributed by atoms with Crippen LogP contribution >= 0.6 is 0 Å². The monoisotopic (exact) mass is 223 g/mol. The summed E-state index contributed by atoms with van der Waals surface area (Å²) in [6.07, 6.45) is 3.16. The first kappa shape index (κ1) is 9.95. The van der Waals surface area contributed by atoms with E-state index in [4.69, 9.17) is 4.55 Å². The van der Waals surface area contributed by atoms with Crippen molar-refractivity contribution in [2.45, 2.75) is 0 Å². The molecule has 15 heavy (non-hydrogen) atoms. The van der Waals surface area contributed by atoms with Crippen LogP contribution in [0.5, 0.6) is 0 Å². The molecule has 1 aromatic carbocycles. The first-order chi connectivity index (χ1) is 7.04. The van der Waals surface area contributed by atoms with Crippen LogP contribution in [-0.4, -0.2) is 18.0 Å². The fraction of sp³-hybridized carbons (Fsp3) is 0. The maximum Gasteiger partial charge on any atom is 0.287 e. The molecule has 0 aliphatic carbocycles. The van der Waals surface area contributed by atoms with Gasteiger partial charge in [0.1, 0.15) is 0 Å². The number of fused-ring (bicyclic) bond motifs is 1. The van der Waals surface area contributed by atoms with Crippen LogP contribution in [0.4, 0.5) is 0 Å². The first-order valence-corrected chi connectivity index (χ1v) is 5.78. The second-order valence-electron chi connectivity index (χ2n) is 3.14. The molecule has 0 aliphatic heterocycles. The van der Waals surface area contributed by atoms with Gasteiger partial charge in [-0.15, -0.1) is 0 Å². The molecule has 1 heterocycles. The van der Waals surface area contributed by atoms with E-state index in [0.717, 1.165) is 21.9 Å². The third-order valence-corrected chi connectivity index (χ3v) is 2.49. The second-order valence-corrected chi connectivity index (χ2v) is 4.44. The smallest absolute Gasteiger partial charge is 0.287 e. The predicted molar refractivity (Wildman–Crippen MR) is 58.9 cm³/mol. The largest absolute Gasteiger partial charge is 0.361 e. The lowest BCUT2D eigenvalue weighted by Crippen LogP contribution is -1.88. The van der Waals surface area contributed by atoms with Crippen molar-refractivity contribution in [2.75, 3.05) is 0 Å². The van der Waals surface area contributed by atoms with E-state index in [9.17, 15) is 8.42 Å². The summed E-state index contributed by atoms with van der Waals surface area (Å²) >= 11 is 0. The average Bonchev–Trinajstić information content (AvgIpc) is 2.60. The minimum Gasteiger partial charge on any atom is -0.361 e. The molecule has 0 amide bonds. The molecule has 2 N–H and O–H groups in total. The van der Waals surface area contributed by atoms with Gasteiger partial charge in [-0.05, 0) is 35.2 Å². The van der Waals surface area contributed by atoms with E-state index in [1.165, 1.54) is 6.08 Å². The normalized spacial score (nSPS) is 12.6. The maximum absolute atomic E-state index is 10.5. The van der Waals surface area contributed by atoms with Crippen molar-refractivity contribution in [3.8, 4) is 0 Å². The molecule has 5 heteroatoms. The standard InChI is InChI=1S/C10H9NO3S/c12-15(13,14)6-4-8-1-2-10-9(7-8)3-5-11-10/h1-7,11H,(H,12,13,14). The van der Waals surface area contributed by atoms with E-state index in [2.05, 4.69) is 4.98 Å². The summed E-state index contributed by atoms with van der Waals surface area (Å²) in [6.45, 7) is 0. The highest BCUT2D eigenvalue weighted by atomic mass is 32.2. The molecule has 0 bridgehead atoms. The molecule has 0 aliphatic rings. The van der Waals surface area contributed by atoms with Gasteiger partial charge in [0.2, 0.25) is 0 Å². The lowest BCUT2D eigenvalue weighted by Gasteiger charge is -1.93. The summed E-state index contributed by atoms with van der Waals surface area (Å²) in [4.78, 5) is 3.03. The Kier molecular flexibility index (Phi) is 2.34. The predicted octanol–water partition coefficient (Wildman–Crippen LogP) is 2.03. The summed E-state index contributed by atoms with van der Waals surface area (Å²) in [5.74, 6) is 0. The minimum atomic E-state index is -4.05. The van der Waals surface area contributed by atoms with Crippen LogP contribution in [0.15, 0.2) is 35.9 Å². The average molecular weight is 223 g/mol. The van der Waals surface area contributed by atoms with Crippen LogP contribution in [0.3, 0.4) is 0 Å². The molecule has 2 aromatic rings. The number of benzene rings is 1. The van der Waals surface area contributed by atoms with Crippen LogP contribution in [0, 0.1) is 0 Å². The Morgan fingerprint density at radius 3 is 2.80 bits per heavy atom. The van der Waals surface area contributed by atoms with Crippen molar-refractivity contribution >= 4 is 27.1 Å². The van der Waals surface area contributed by atoms with Gasteiger partial charge >= 0.3 is 0 Å². The minimum absolute atomic E-state index is 0.722. The van der Waals surface area contributed by atoms with E-state index >= 15 is 0 Å². The molecule has 0 saturated carbocycles. The second kappa shape index (κ2) is 3.52. The van der Waals surface area contributed by atoms with E-state index in [0.29, 0.717) is 0 Å². The Morgan fingerprint density at radius 1 is 1.27 bits per heavy atom. The number of rotatable bonds is 2. The van der Waals surface area contributed by atoms with Crippen LogP contribution in [0.25, 0.3) is 17.0 Å². The lowest BCUT2D eigenvalue weighted by molar-refractivity contribution is 0.494. The molecule has 0 spiro atoms. The summed E-state index contributed by atoms with van der Waals surface area (Å²) in [5, 5.41) is 1.76. The third kappa shape index (κ3) is 2.45. The van der Waals surface area contributed by atoms with Gasteiger partial charge in [0.05, 0.1) is 5.41 Å². The van der Waals surface area contributed by atoms with Crippen molar-refractivity contribution in [2.24, 2.45) is 0 Å². The molecule has 2 rings (SSSR count). The van der Waals surface area contributed by atoms with Gasteiger partial charge in [-0.1, -0.05) is 6.07 Å². The van der Waals surface area contributed by atoms with Crippen molar-refractivity contribution < 1.29 is 13.0 Å². The zero-order valence-electron chi connectivity index (χ0n) is 7.71. The van der Waals surface area contributed by atoms with Gasteiger partial charge in [0, 0.05) is 11.7 Å². The molecule has 4 nitrogen and oxygen atoms in total. The fourth-order valence-electron chi connectivity index (χ4n) is 1.34. The number of aromatic nitrogens is 1. The topological polar surface area (TPSA) is 70.2 Å². The molecule has 0 fully saturated rings. The van der Waals surface area contributed by atoms with E-state index in [-0.39, 0.29) is 0 Å². The van der Waals surface area contributed by atoms with Crippen molar-refractivity contribution in [3.05, 3.63) is 41.4 Å². The molecule has 78 valence electrons. The Hall–Kier alpha value is -1.59. The van der Waals surface area contributed by atoms with Gasteiger partial charge in [0.25, 0.3) is 10.1 Å². The number of hydrogen-bond acceptors (Lipinski definition) is 2. The number of aromatic amines is 1. The highest BCUT2D eigenvalue weighted by molar-refractivity contribution is 7.88. The van der Waals surface area contributed by atoms with Gasteiger partial charge in [-0.25, -0.2) is 0 Å². The highest BCUT2D eigenvalue weighted by Crippen LogP contribution is 2.15. The molecule has 0 radical (unpaired) electrons. The maximum atomic E-state index is 10.5. The van der Waals surface area contributed by atoms with Crippen LogP contribution in [-0.2, 0) is 10.1 Å². The molecule has 1 aromatic heterocycles. The Bertz CT molecular complexity index is 610. The summed E-state index contributed by atoms with van der Waals surface area (Å²) in [7, 11) is -4.05. The molecule has 0 saturated heterocycles. The van der Waals surface area contributed by atoms with Crippen molar-refractivity contribution in [1.29, 1.82) is 0 Å². The van der Waals surface area contributed by atoms with Gasteiger partial charge < -0.3 is 4.98 Å². The van der Waals surface area contributed by atoms with Crippen molar-refractivity contribution in [1.82, 2.24) is 4.98 Å². The van der Waals surface area contributed by atoms with Gasteiger partial charge in [-0.3, -0.25) is 4.55 Å². The lowest BCUT2D eigenvalue weighted by atomic mass is 10.1. The SMILES string of the molecule is O=S(=O)(O)C=Cc1ccc2[nH]ccc2c1. The molecule has 0 atom stereocenters. The summed E-state index contributed by atoms with van der Waals surface area (Å²) in [6, 6.07) is 7.33. The Labute approximate surface area is 87.0 Å². The van der Waals surface area contributed by atoms with Gasteiger partial charge in [0.15, 0.2) is 0 Å². The Balaban J connectivity index is 2.41. The zero-order chi connectivity index (χ0) is 10.9. The number of H-pyrrole nitrogens is 1. The van der Waals surface area contributed by atoms with Gasteiger partial charge in [-0.2, -0.15) is 8.42 Å². The molecular weight excluding hydrogens is 214 g/mol. The highest BCUT2D eigenvalue weighted by Gasteiger charge is 1.97. The summed E-state index contributed by atoms with van der Waals surface area (Å²) in [5.41, 5.74) is 1.71. The fourth-order valence-corrected chi connectivity index (χ4v) is 1.67. The quantitative estimate of drug-likeness (QED) is 0.765. The summed E-state index contributed by atoms with van der Waals surface area (Å²) < 4.78 is 29.5. The first-order valence-electron chi connectivity index (χ1n) is 4.27. The van der Waals surface area contributed by atoms with E-state index in [1.54, 1.807) is 12.3 Å². The zero-order valence-corrected chi connectivity index (χ0v) is 8.53.